The Hall–Kier alpha value is -8.86. The monoisotopic (exact) mass is 844 g/mol. The number of ether oxygens (including phenoxy) is 2. The SMILES string of the molecule is c1ccc2c(c1)Oc1ccc3c4ccccc4n(-c4ccc(-c5ccc(N(c6ccc(-c7cccc8ccccc78)cc6)c6ccc(-c7cccc8ccccc78)cc6)cc5)cc4)c3c1O2. The number of rotatable bonds is 7. The Balaban J connectivity index is 0.862. The van der Waals surface area contributed by atoms with Crippen LogP contribution in [0.5, 0.6) is 23.0 Å². The third-order valence-electron chi connectivity index (χ3n) is 13.1. The van der Waals surface area contributed by atoms with E-state index in [1.807, 2.05) is 30.3 Å². The Kier molecular flexibility index (Phi) is 8.81. The van der Waals surface area contributed by atoms with E-state index < -0.39 is 0 Å². The molecule has 0 atom stereocenters. The van der Waals surface area contributed by atoms with Crippen LogP contribution in [0.3, 0.4) is 0 Å². The lowest BCUT2D eigenvalue weighted by atomic mass is 9.97. The summed E-state index contributed by atoms with van der Waals surface area (Å²) in [6, 6.07) is 86.5. The minimum absolute atomic E-state index is 0.706. The average molecular weight is 845 g/mol. The van der Waals surface area contributed by atoms with Gasteiger partial charge in [0.25, 0.3) is 0 Å². The number of para-hydroxylation sites is 3. The summed E-state index contributed by atoms with van der Waals surface area (Å²) in [5.41, 5.74) is 13.5. The van der Waals surface area contributed by atoms with Gasteiger partial charge in [-0.05, 0) is 134 Å². The highest BCUT2D eigenvalue weighted by Crippen LogP contribution is 2.51. The molecule has 66 heavy (non-hydrogen) atoms. The van der Waals surface area contributed by atoms with Crippen LogP contribution >= 0.6 is 0 Å². The van der Waals surface area contributed by atoms with E-state index in [2.05, 4.69) is 222 Å². The van der Waals surface area contributed by atoms with Gasteiger partial charge in [0.15, 0.2) is 23.0 Å². The summed E-state index contributed by atoms with van der Waals surface area (Å²) in [6.45, 7) is 0. The van der Waals surface area contributed by atoms with Crippen molar-refractivity contribution in [3.8, 4) is 62.1 Å². The molecule has 0 bridgehead atoms. The van der Waals surface area contributed by atoms with Crippen molar-refractivity contribution in [1.29, 1.82) is 0 Å². The normalized spacial score (nSPS) is 11.9. The summed E-state index contributed by atoms with van der Waals surface area (Å²) in [4.78, 5) is 2.35. The van der Waals surface area contributed by atoms with Gasteiger partial charge in [-0.15, -0.1) is 0 Å². The molecule has 12 aromatic rings. The van der Waals surface area contributed by atoms with Crippen LogP contribution in [-0.4, -0.2) is 4.57 Å². The molecular weight excluding hydrogens is 805 g/mol. The van der Waals surface area contributed by atoms with E-state index in [1.165, 1.54) is 43.8 Å². The first-order valence-electron chi connectivity index (χ1n) is 22.4. The molecule has 0 amide bonds. The molecular formula is C62H40N2O2. The third-order valence-corrected chi connectivity index (χ3v) is 13.1. The van der Waals surface area contributed by atoms with E-state index in [1.54, 1.807) is 0 Å². The number of hydrogen-bond acceptors (Lipinski definition) is 3. The van der Waals surface area contributed by atoms with Crippen molar-refractivity contribution < 1.29 is 9.47 Å². The Labute approximate surface area is 382 Å². The number of anilines is 3. The zero-order valence-electron chi connectivity index (χ0n) is 35.8. The minimum atomic E-state index is 0.706. The maximum absolute atomic E-state index is 6.60. The van der Waals surface area contributed by atoms with Crippen molar-refractivity contribution in [2.24, 2.45) is 0 Å². The molecule has 0 unspecified atom stereocenters. The largest absolute Gasteiger partial charge is 0.449 e. The van der Waals surface area contributed by atoms with Crippen LogP contribution in [0.1, 0.15) is 0 Å². The average Bonchev–Trinajstić information content (AvgIpc) is 3.73. The molecule has 1 aromatic heterocycles. The maximum atomic E-state index is 6.60. The molecule has 1 aliphatic rings. The molecule has 310 valence electrons. The van der Waals surface area contributed by atoms with E-state index >= 15 is 0 Å². The van der Waals surface area contributed by atoms with Gasteiger partial charge >= 0.3 is 0 Å². The lowest BCUT2D eigenvalue weighted by Gasteiger charge is -2.26. The van der Waals surface area contributed by atoms with Gasteiger partial charge in [-0.2, -0.15) is 0 Å². The first-order valence-corrected chi connectivity index (χ1v) is 22.4. The molecule has 4 nitrogen and oxygen atoms in total. The molecule has 0 spiro atoms. The summed E-state index contributed by atoms with van der Waals surface area (Å²) in [6.07, 6.45) is 0. The zero-order valence-corrected chi connectivity index (χ0v) is 35.8. The molecule has 13 rings (SSSR count). The number of aromatic nitrogens is 1. The van der Waals surface area contributed by atoms with Crippen molar-refractivity contribution in [3.05, 3.63) is 243 Å². The van der Waals surface area contributed by atoms with Crippen LogP contribution in [0.2, 0.25) is 0 Å². The maximum Gasteiger partial charge on any atom is 0.194 e. The van der Waals surface area contributed by atoms with Crippen molar-refractivity contribution in [2.75, 3.05) is 4.90 Å². The van der Waals surface area contributed by atoms with E-state index in [0.717, 1.165) is 67.2 Å². The van der Waals surface area contributed by atoms with Crippen LogP contribution in [0.25, 0.3) is 82.4 Å². The second-order valence-electron chi connectivity index (χ2n) is 16.9. The summed E-state index contributed by atoms with van der Waals surface area (Å²) in [7, 11) is 0. The van der Waals surface area contributed by atoms with Crippen molar-refractivity contribution in [1.82, 2.24) is 4.57 Å². The van der Waals surface area contributed by atoms with Crippen LogP contribution in [-0.2, 0) is 0 Å². The molecule has 0 saturated heterocycles. The van der Waals surface area contributed by atoms with Gasteiger partial charge in [-0.25, -0.2) is 0 Å². The fourth-order valence-corrected chi connectivity index (χ4v) is 9.89. The number of nitrogens with zero attached hydrogens (tertiary/aromatic N) is 2. The molecule has 0 saturated carbocycles. The Morgan fingerprint density at radius 3 is 1.33 bits per heavy atom. The van der Waals surface area contributed by atoms with E-state index in [0.29, 0.717) is 11.5 Å². The van der Waals surface area contributed by atoms with Gasteiger partial charge in [-0.1, -0.05) is 164 Å². The highest BCUT2D eigenvalue weighted by molar-refractivity contribution is 6.12. The number of benzene rings is 11. The van der Waals surface area contributed by atoms with Crippen molar-refractivity contribution >= 4 is 60.4 Å². The second-order valence-corrected chi connectivity index (χ2v) is 16.9. The minimum Gasteiger partial charge on any atom is -0.449 e. The van der Waals surface area contributed by atoms with E-state index in [9.17, 15) is 0 Å². The van der Waals surface area contributed by atoms with E-state index in [4.69, 9.17) is 9.47 Å². The molecule has 1 aliphatic heterocycles. The van der Waals surface area contributed by atoms with Gasteiger partial charge in [0, 0.05) is 33.5 Å². The summed E-state index contributed by atoms with van der Waals surface area (Å²) >= 11 is 0. The lowest BCUT2D eigenvalue weighted by Crippen LogP contribution is -2.09. The van der Waals surface area contributed by atoms with Crippen LogP contribution in [0.4, 0.5) is 17.1 Å². The van der Waals surface area contributed by atoms with Gasteiger partial charge < -0.3 is 18.9 Å². The smallest absolute Gasteiger partial charge is 0.194 e. The molecule has 2 heterocycles. The number of fused-ring (bicyclic) bond motifs is 8. The van der Waals surface area contributed by atoms with Crippen LogP contribution < -0.4 is 14.4 Å². The predicted octanol–water partition coefficient (Wildman–Crippen LogP) is 17.5. The number of hydrogen-bond donors (Lipinski definition) is 0. The summed E-state index contributed by atoms with van der Waals surface area (Å²) < 4.78 is 15.3. The Bertz CT molecular complexity index is 3660. The zero-order chi connectivity index (χ0) is 43.6. The molecule has 11 aromatic carbocycles. The molecule has 0 fully saturated rings. The summed E-state index contributed by atoms with van der Waals surface area (Å²) in [5.74, 6) is 2.85. The second kappa shape index (κ2) is 15.4. The first-order chi connectivity index (χ1) is 32.7. The van der Waals surface area contributed by atoms with Gasteiger partial charge in [-0.3, -0.25) is 0 Å². The Morgan fingerprint density at radius 2 is 0.758 bits per heavy atom. The van der Waals surface area contributed by atoms with Crippen molar-refractivity contribution in [3.63, 3.8) is 0 Å². The molecule has 0 aliphatic carbocycles. The quantitative estimate of drug-likeness (QED) is 0.160. The molecule has 0 radical (unpaired) electrons. The van der Waals surface area contributed by atoms with Gasteiger partial charge in [0.2, 0.25) is 0 Å². The third kappa shape index (κ3) is 6.30. The van der Waals surface area contributed by atoms with Gasteiger partial charge in [0.1, 0.15) is 5.52 Å². The highest BCUT2D eigenvalue weighted by atomic mass is 16.6. The summed E-state index contributed by atoms with van der Waals surface area (Å²) in [5, 5.41) is 7.25. The fourth-order valence-electron chi connectivity index (χ4n) is 9.89. The fraction of sp³-hybridized carbons (Fsp3) is 0. The standard InChI is InChI=1S/C62H40N2O2/c1-3-15-51-43(11-1)13-9-18-53(51)45-27-35-48(36-28-45)63(49-37-29-46(30-38-49)54-19-10-14-44-12-2-4-16-52(44)54)47-31-23-41(24-32-47)42-25-33-50(34-26-42)64-57-20-6-5-17-55(57)56-39-40-60-62(61(56)64)66-59-22-8-7-21-58(59)65-60/h1-40H. The van der Waals surface area contributed by atoms with Crippen LogP contribution in [0, 0.1) is 0 Å². The Morgan fingerprint density at radius 1 is 0.303 bits per heavy atom. The lowest BCUT2D eigenvalue weighted by molar-refractivity contribution is 0.362. The van der Waals surface area contributed by atoms with Gasteiger partial charge in [0.05, 0.1) is 5.52 Å². The van der Waals surface area contributed by atoms with Crippen LogP contribution in [0.15, 0.2) is 243 Å². The predicted molar refractivity (Wildman–Crippen MR) is 273 cm³/mol. The highest BCUT2D eigenvalue weighted by Gasteiger charge is 2.25. The van der Waals surface area contributed by atoms with E-state index in [-0.39, 0.29) is 0 Å². The molecule has 4 heteroatoms. The molecule has 0 N–H and O–H groups in total. The topological polar surface area (TPSA) is 26.6 Å². The van der Waals surface area contributed by atoms with Crippen molar-refractivity contribution in [2.45, 2.75) is 0 Å². The first kappa shape index (κ1) is 37.7.